The van der Waals surface area contributed by atoms with Crippen LogP contribution in [-0.4, -0.2) is 9.46 Å². The Balaban J connectivity index is 1.96. The van der Waals surface area contributed by atoms with Crippen LogP contribution in [0.2, 0.25) is 0 Å². The molecule has 0 aliphatic heterocycles. The van der Waals surface area contributed by atoms with Crippen molar-refractivity contribution < 1.29 is 4.21 Å². The van der Waals surface area contributed by atoms with Crippen LogP contribution < -0.4 is 0 Å². The summed E-state index contributed by atoms with van der Waals surface area (Å²) in [6, 6.07) is 10.6. The number of nitriles is 1. The van der Waals surface area contributed by atoms with Crippen LogP contribution in [0.25, 0.3) is 0 Å². The van der Waals surface area contributed by atoms with Crippen LogP contribution in [0.4, 0.5) is 0 Å². The van der Waals surface area contributed by atoms with E-state index in [1.54, 1.807) is 0 Å². The highest BCUT2D eigenvalue weighted by atomic mass is 32.2. The molecular weight excluding hydrogens is 290 g/mol. The lowest BCUT2D eigenvalue weighted by atomic mass is 9.73. The highest BCUT2D eigenvalue weighted by Crippen LogP contribution is 2.57. The van der Waals surface area contributed by atoms with Crippen molar-refractivity contribution in [2.24, 2.45) is 17.3 Å². The van der Waals surface area contributed by atoms with Gasteiger partial charge in [-0.2, -0.15) is 5.26 Å². The van der Waals surface area contributed by atoms with Gasteiger partial charge in [0, 0.05) is 4.90 Å². The van der Waals surface area contributed by atoms with Gasteiger partial charge in [0.25, 0.3) is 0 Å². The molecule has 2 aliphatic rings. The number of rotatable bonds is 5. The van der Waals surface area contributed by atoms with Crippen LogP contribution in [0.1, 0.15) is 38.2 Å². The lowest BCUT2D eigenvalue weighted by Gasteiger charge is -2.35. The topological polar surface area (TPSA) is 40.9 Å². The van der Waals surface area contributed by atoms with Crippen LogP contribution in [0.3, 0.4) is 0 Å². The number of allylic oxidation sites excluding steroid dienone is 2. The molecule has 0 radical (unpaired) electrons. The molecule has 0 amide bonds. The van der Waals surface area contributed by atoms with Crippen LogP contribution in [0.5, 0.6) is 0 Å². The SMILES string of the molecule is CCCC[C@]1(C#N)[C@@H](S(=O)c2ccc(C)cc2)[C@@H]2C=C[C@H]1C2. The van der Waals surface area contributed by atoms with E-state index >= 15 is 0 Å². The molecule has 0 aromatic heterocycles. The molecule has 2 aliphatic carbocycles. The minimum atomic E-state index is -1.11. The molecule has 0 N–H and O–H groups in total. The molecule has 1 fully saturated rings. The number of unbranched alkanes of at least 4 members (excludes halogenated alkanes) is 1. The van der Waals surface area contributed by atoms with Crippen molar-refractivity contribution in [2.75, 3.05) is 0 Å². The van der Waals surface area contributed by atoms with E-state index in [9.17, 15) is 9.47 Å². The van der Waals surface area contributed by atoms with Crippen molar-refractivity contribution in [1.82, 2.24) is 0 Å². The van der Waals surface area contributed by atoms with Gasteiger partial charge in [0.1, 0.15) is 0 Å². The van der Waals surface area contributed by atoms with Crippen LogP contribution in [-0.2, 0) is 10.8 Å². The average Bonchev–Trinajstić information content (AvgIpc) is 3.12. The summed E-state index contributed by atoms with van der Waals surface area (Å²) < 4.78 is 13.2. The molecule has 1 aromatic carbocycles. The number of hydrogen-bond acceptors (Lipinski definition) is 2. The highest BCUT2D eigenvalue weighted by Gasteiger charge is 2.58. The van der Waals surface area contributed by atoms with Gasteiger partial charge in [0.2, 0.25) is 0 Å². The van der Waals surface area contributed by atoms with E-state index in [0.29, 0.717) is 5.92 Å². The molecule has 1 unspecified atom stereocenters. The monoisotopic (exact) mass is 313 g/mol. The van der Waals surface area contributed by atoms with Crippen molar-refractivity contribution >= 4 is 10.8 Å². The van der Waals surface area contributed by atoms with Gasteiger partial charge in [0.15, 0.2) is 0 Å². The number of benzene rings is 1. The third kappa shape index (κ3) is 2.34. The second kappa shape index (κ2) is 6.01. The van der Waals surface area contributed by atoms with E-state index in [0.717, 1.165) is 30.6 Å². The first-order valence-electron chi connectivity index (χ1n) is 8.19. The third-order valence-electron chi connectivity index (χ3n) is 5.31. The predicted molar refractivity (Wildman–Crippen MR) is 89.7 cm³/mol. The van der Waals surface area contributed by atoms with Gasteiger partial charge in [-0.25, -0.2) is 0 Å². The minimum Gasteiger partial charge on any atom is -0.254 e. The van der Waals surface area contributed by atoms with E-state index in [1.807, 2.05) is 31.2 Å². The maximum Gasteiger partial charge on any atom is 0.0789 e. The Kier molecular flexibility index (Phi) is 4.23. The zero-order chi connectivity index (χ0) is 15.7. The Morgan fingerprint density at radius 2 is 2.05 bits per heavy atom. The molecule has 116 valence electrons. The van der Waals surface area contributed by atoms with Crippen LogP contribution >= 0.6 is 0 Å². The molecule has 1 saturated carbocycles. The first-order valence-corrected chi connectivity index (χ1v) is 9.40. The average molecular weight is 313 g/mol. The van der Waals surface area contributed by atoms with E-state index in [2.05, 4.69) is 25.1 Å². The Hall–Kier alpha value is -1.40. The maximum atomic E-state index is 13.2. The zero-order valence-corrected chi connectivity index (χ0v) is 14.1. The maximum absolute atomic E-state index is 13.2. The van der Waals surface area contributed by atoms with Crippen molar-refractivity contribution in [2.45, 2.75) is 49.7 Å². The number of aryl methyl sites for hydroxylation is 1. The molecule has 3 rings (SSSR count). The van der Waals surface area contributed by atoms with Gasteiger partial charge in [-0.1, -0.05) is 49.6 Å². The second-order valence-corrected chi connectivity index (χ2v) is 8.25. The highest BCUT2D eigenvalue weighted by molar-refractivity contribution is 7.85. The van der Waals surface area contributed by atoms with Gasteiger partial charge >= 0.3 is 0 Å². The summed E-state index contributed by atoms with van der Waals surface area (Å²) in [7, 11) is -1.11. The number of fused-ring (bicyclic) bond motifs is 2. The number of nitrogens with zero attached hydrogens (tertiary/aromatic N) is 1. The Morgan fingerprint density at radius 1 is 1.32 bits per heavy atom. The van der Waals surface area contributed by atoms with E-state index in [-0.39, 0.29) is 11.2 Å². The fourth-order valence-electron chi connectivity index (χ4n) is 4.09. The summed E-state index contributed by atoms with van der Waals surface area (Å²) in [5, 5.41) is 9.90. The molecule has 0 saturated heterocycles. The van der Waals surface area contributed by atoms with Gasteiger partial charge in [-0.15, -0.1) is 0 Å². The van der Waals surface area contributed by atoms with E-state index < -0.39 is 16.2 Å². The summed E-state index contributed by atoms with van der Waals surface area (Å²) in [6.45, 7) is 4.19. The molecule has 0 spiro atoms. The predicted octanol–water partition coefficient (Wildman–Crippen LogP) is 4.38. The van der Waals surface area contributed by atoms with Crippen LogP contribution in [0, 0.1) is 35.5 Å². The van der Waals surface area contributed by atoms with Gasteiger partial charge in [0.05, 0.1) is 27.5 Å². The first kappa shape index (κ1) is 15.5. The summed E-state index contributed by atoms with van der Waals surface area (Å²) in [4.78, 5) is 0.868. The smallest absolute Gasteiger partial charge is 0.0789 e. The summed E-state index contributed by atoms with van der Waals surface area (Å²) >= 11 is 0. The molecule has 2 nitrogen and oxygen atoms in total. The summed E-state index contributed by atoms with van der Waals surface area (Å²) in [5.41, 5.74) is 0.733. The molecular formula is C19H23NOS. The Morgan fingerprint density at radius 3 is 2.68 bits per heavy atom. The standard InChI is InChI=1S/C19H23NOS/c1-3-4-11-19(13-20)16-8-7-15(12-16)18(19)22(21)17-9-5-14(2)6-10-17/h5-10,15-16,18H,3-4,11-12H2,1-2H3/t15-,16+,18+,19-,22?/m1/s1. The third-order valence-corrected chi connectivity index (χ3v) is 7.28. The van der Waals surface area contributed by atoms with E-state index in [4.69, 9.17) is 0 Å². The first-order chi connectivity index (χ1) is 10.6. The lowest BCUT2D eigenvalue weighted by molar-refractivity contribution is 0.297. The van der Waals surface area contributed by atoms with Crippen molar-refractivity contribution in [3.8, 4) is 6.07 Å². The molecule has 5 atom stereocenters. The summed E-state index contributed by atoms with van der Waals surface area (Å²) in [5.74, 6) is 0.581. The largest absolute Gasteiger partial charge is 0.254 e. The fourth-order valence-corrected chi connectivity index (χ4v) is 6.04. The number of hydrogen-bond donors (Lipinski definition) is 0. The molecule has 3 heteroatoms. The quantitative estimate of drug-likeness (QED) is 0.757. The molecule has 1 aromatic rings. The van der Waals surface area contributed by atoms with Crippen molar-refractivity contribution in [3.63, 3.8) is 0 Å². The molecule has 0 heterocycles. The van der Waals surface area contributed by atoms with E-state index in [1.165, 1.54) is 5.56 Å². The zero-order valence-electron chi connectivity index (χ0n) is 13.3. The van der Waals surface area contributed by atoms with Gasteiger partial charge in [-0.3, -0.25) is 4.21 Å². The summed E-state index contributed by atoms with van der Waals surface area (Å²) in [6.07, 6.45) is 8.38. The molecule has 2 bridgehead atoms. The Bertz CT molecular complexity index is 642. The fraction of sp³-hybridized carbons (Fsp3) is 0.526. The lowest BCUT2D eigenvalue weighted by Crippen LogP contribution is -2.40. The molecule has 22 heavy (non-hydrogen) atoms. The Labute approximate surface area is 135 Å². The van der Waals surface area contributed by atoms with Crippen molar-refractivity contribution in [1.29, 1.82) is 5.26 Å². The minimum absolute atomic E-state index is 0.0539. The normalized spacial score (nSPS) is 33.8. The van der Waals surface area contributed by atoms with Gasteiger partial charge < -0.3 is 0 Å². The van der Waals surface area contributed by atoms with Crippen molar-refractivity contribution in [3.05, 3.63) is 42.0 Å². The second-order valence-electron chi connectivity index (χ2n) is 6.68. The van der Waals surface area contributed by atoms with Gasteiger partial charge in [-0.05, 0) is 43.7 Å². The van der Waals surface area contributed by atoms with Crippen LogP contribution in [0.15, 0.2) is 41.3 Å².